The molecule has 0 saturated carbocycles. The molecule has 0 fully saturated rings. The number of anilines is 1. The molecule has 0 unspecified atom stereocenters. The van der Waals surface area contributed by atoms with E-state index in [0.717, 1.165) is 10.1 Å². The second-order valence-electron chi connectivity index (χ2n) is 5.75. The predicted octanol–water partition coefficient (Wildman–Crippen LogP) is 3.06. The average Bonchev–Trinajstić information content (AvgIpc) is 3.10. The van der Waals surface area contributed by atoms with Crippen molar-refractivity contribution >= 4 is 38.9 Å². The van der Waals surface area contributed by atoms with Crippen molar-refractivity contribution in [2.45, 2.75) is 6.10 Å². The molecule has 0 bridgehead atoms. The van der Waals surface area contributed by atoms with Crippen molar-refractivity contribution in [1.82, 2.24) is 5.32 Å². The van der Waals surface area contributed by atoms with E-state index in [-0.39, 0.29) is 18.4 Å². The predicted molar refractivity (Wildman–Crippen MR) is 98.4 cm³/mol. The third-order valence-electron chi connectivity index (χ3n) is 4.19. The van der Waals surface area contributed by atoms with Gasteiger partial charge in [0, 0.05) is 11.7 Å². The fourth-order valence-electron chi connectivity index (χ4n) is 2.94. The molecule has 1 N–H and O–H groups in total. The molecule has 1 aliphatic rings. The van der Waals surface area contributed by atoms with Gasteiger partial charge in [0.1, 0.15) is 5.75 Å². The molecule has 1 aliphatic heterocycles. The number of carbonyl (C=O) groups excluding carboxylic acids is 2. The summed E-state index contributed by atoms with van der Waals surface area (Å²) in [5, 5.41) is 3.63. The quantitative estimate of drug-likeness (QED) is 0.771. The van der Waals surface area contributed by atoms with Gasteiger partial charge in [-0.15, -0.1) is 11.3 Å². The summed E-state index contributed by atoms with van der Waals surface area (Å²) >= 11 is 1.46. The molecule has 126 valence electrons. The van der Waals surface area contributed by atoms with Crippen LogP contribution in [0, 0.1) is 0 Å². The molecule has 0 spiro atoms. The van der Waals surface area contributed by atoms with Crippen molar-refractivity contribution in [3.8, 4) is 5.75 Å². The highest BCUT2D eigenvalue weighted by molar-refractivity contribution is 7.20. The molecule has 0 aliphatic carbocycles. The number of thiophene rings is 1. The van der Waals surface area contributed by atoms with Crippen molar-refractivity contribution < 1.29 is 14.3 Å². The number of fused-ring (bicyclic) bond motifs is 2. The molecule has 4 rings (SSSR count). The summed E-state index contributed by atoms with van der Waals surface area (Å²) in [6, 6.07) is 17.1. The molecule has 5 nitrogen and oxygen atoms in total. The number of para-hydroxylation sites is 2. The van der Waals surface area contributed by atoms with Gasteiger partial charge in [-0.1, -0.05) is 30.3 Å². The number of nitrogens with zero attached hydrogens (tertiary/aromatic N) is 1. The van der Waals surface area contributed by atoms with E-state index in [9.17, 15) is 9.59 Å². The number of carbonyl (C=O) groups is 2. The molecule has 2 heterocycles. The molecular formula is C19H16N2O3S. The largest absolute Gasteiger partial charge is 0.477 e. The van der Waals surface area contributed by atoms with Crippen LogP contribution in [-0.2, 0) is 4.79 Å². The molecule has 2 aromatic carbocycles. The fraction of sp³-hybridized carbons (Fsp3) is 0.158. The number of ether oxygens (including phenoxy) is 1. The van der Waals surface area contributed by atoms with Crippen LogP contribution in [0.5, 0.6) is 5.75 Å². The maximum atomic E-state index is 13.1. The minimum Gasteiger partial charge on any atom is -0.477 e. The smallest absolute Gasteiger partial charge is 0.268 e. The standard InChI is InChI=1S/C19H16N2O3S/c1-20-18(22)15-11-21(13-7-3-4-8-14(13)24-15)19(23)17-10-12-6-2-5-9-16(12)25-17/h2-10,15H,11H2,1H3,(H,20,22)/t15-/m0/s1. The number of likely N-dealkylation sites (N-methyl/N-ethyl adjacent to an activating group) is 1. The zero-order valence-corrected chi connectivity index (χ0v) is 14.4. The number of nitrogens with one attached hydrogen (secondary N) is 1. The molecule has 1 atom stereocenters. The van der Waals surface area contributed by atoms with Gasteiger partial charge in [0.25, 0.3) is 11.8 Å². The summed E-state index contributed by atoms with van der Waals surface area (Å²) in [6.45, 7) is 0.184. The third kappa shape index (κ3) is 2.74. The van der Waals surface area contributed by atoms with Gasteiger partial charge < -0.3 is 10.1 Å². The summed E-state index contributed by atoms with van der Waals surface area (Å²) in [6.07, 6.45) is -0.724. The monoisotopic (exact) mass is 352 g/mol. The van der Waals surface area contributed by atoms with Crippen LogP contribution in [-0.4, -0.2) is 31.5 Å². The van der Waals surface area contributed by atoms with E-state index in [0.29, 0.717) is 16.3 Å². The van der Waals surface area contributed by atoms with Crippen LogP contribution in [0.15, 0.2) is 54.6 Å². The highest BCUT2D eigenvalue weighted by atomic mass is 32.1. The van der Waals surface area contributed by atoms with Crippen LogP contribution in [0.4, 0.5) is 5.69 Å². The highest BCUT2D eigenvalue weighted by Crippen LogP contribution is 2.35. The van der Waals surface area contributed by atoms with Crippen molar-refractivity contribution in [1.29, 1.82) is 0 Å². The van der Waals surface area contributed by atoms with E-state index >= 15 is 0 Å². The summed E-state index contributed by atoms with van der Waals surface area (Å²) in [5.41, 5.74) is 0.685. The number of hydrogen-bond acceptors (Lipinski definition) is 4. The van der Waals surface area contributed by atoms with E-state index < -0.39 is 6.10 Å². The first kappa shape index (κ1) is 15.7. The Hall–Kier alpha value is -2.86. The number of amides is 2. The third-order valence-corrected chi connectivity index (χ3v) is 5.30. The van der Waals surface area contributed by atoms with Crippen LogP contribution >= 0.6 is 11.3 Å². The van der Waals surface area contributed by atoms with Crippen LogP contribution in [0.25, 0.3) is 10.1 Å². The Bertz CT molecular complexity index is 933. The van der Waals surface area contributed by atoms with Gasteiger partial charge in [-0.05, 0) is 29.7 Å². The Labute approximate surface area is 148 Å². The first-order chi connectivity index (χ1) is 12.2. The second kappa shape index (κ2) is 6.22. The van der Waals surface area contributed by atoms with E-state index in [1.165, 1.54) is 11.3 Å². The van der Waals surface area contributed by atoms with Crippen LogP contribution in [0.1, 0.15) is 9.67 Å². The lowest BCUT2D eigenvalue weighted by Crippen LogP contribution is -2.50. The lowest BCUT2D eigenvalue weighted by atomic mass is 10.1. The summed E-state index contributed by atoms with van der Waals surface area (Å²) < 4.78 is 6.82. The van der Waals surface area contributed by atoms with Crippen LogP contribution < -0.4 is 15.0 Å². The summed E-state index contributed by atoms with van der Waals surface area (Å²) in [5.74, 6) is 0.173. The number of rotatable bonds is 2. The number of benzene rings is 2. The van der Waals surface area contributed by atoms with Gasteiger partial charge in [0.05, 0.1) is 17.1 Å². The van der Waals surface area contributed by atoms with E-state index in [4.69, 9.17) is 4.74 Å². The maximum Gasteiger partial charge on any atom is 0.268 e. The zero-order chi connectivity index (χ0) is 17.4. The van der Waals surface area contributed by atoms with E-state index in [2.05, 4.69) is 5.32 Å². The number of hydrogen-bond donors (Lipinski definition) is 1. The molecule has 0 radical (unpaired) electrons. The Morgan fingerprint density at radius 2 is 1.92 bits per heavy atom. The Morgan fingerprint density at radius 3 is 2.72 bits per heavy atom. The topological polar surface area (TPSA) is 58.6 Å². The first-order valence-electron chi connectivity index (χ1n) is 7.95. The molecule has 2 amide bonds. The average molecular weight is 352 g/mol. The Morgan fingerprint density at radius 1 is 1.16 bits per heavy atom. The summed E-state index contributed by atoms with van der Waals surface area (Å²) in [7, 11) is 1.56. The Kier molecular flexibility index (Phi) is 3.89. The SMILES string of the molecule is CNC(=O)[C@@H]1CN(C(=O)c2cc3ccccc3s2)c2ccccc2O1. The van der Waals surface area contributed by atoms with Crippen molar-refractivity contribution in [2.75, 3.05) is 18.5 Å². The molecular weight excluding hydrogens is 336 g/mol. The minimum atomic E-state index is -0.724. The van der Waals surface area contributed by atoms with Crippen LogP contribution in [0.3, 0.4) is 0 Å². The van der Waals surface area contributed by atoms with Crippen molar-refractivity contribution in [3.63, 3.8) is 0 Å². The Balaban J connectivity index is 1.74. The van der Waals surface area contributed by atoms with E-state index in [1.807, 2.05) is 48.5 Å². The molecule has 1 aromatic heterocycles. The maximum absolute atomic E-state index is 13.1. The van der Waals surface area contributed by atoms with Crippen molar-refractivity contribution in [3.05, 3.63) is 59.5 Å². The first-order valence-corrected chi connectivity index (χ1v) is 8.77. The van der Waals surface area contributed by atoms with Gasteiger partial charge >= 0.3 is 0 Å². The minimum absolute atomic E-state index is 0.120. The normalized spacial score (nSPS) is 16.2. The van der Waals surface area contributed by atoms with Gasteiger partial charge in [-0.25, -0.2) is 0 Å². The van der Waals surface area contributed by atoms with Gasteiger partial charge in [0.15, 0.2) is 6.10 Å². The molecule has 6 heteroatoms. The molecule has 0 saturated heterocycles. The fourth-order valence-corrected chi connectivity index (χ4v) is 3.96. The van der Waals surface area contributed by atoms with E-state index in [1.54, 1.807) is 18.0 Å². The zero-order valence-electron chi connectivity index (χ0n) is 13.6. The van der Waals surface area contributed by atoms with Gasteiger partial charge in [0.2, 0.25) is 0 Å². The lowest BCUT2D eigenvalue weighted by Gasteiger charge is -2.33. The molecule has 25 heavy (non-hydrogen) atoms. The van der Waals surface area contributed by atoms with Crippen LogP contribution in [0.2, 0.25) is 0 Å². The van der Waals surface area contributed by atoms with Crippen molar-refractivity contribution in [2.24, 2.45) is 0 Å². The second-order valence-corrected chi connectivity index (χ2v) is 6.84. The van der Waals surface area contributed by atoms with Gasteiger partial charge in [-0.2, -0.15) is 0 Å². The summed E-state index contributed by atoms with van der Waals surface area (Å²) in [4.78, 5) is 27.5. The lowest BCUT2D eigenvalue weighted by molar-refractivity contribution is -0.127. The molecule has 3 aromatic rings. The van der Waals surface area contributed by atoms with Gasteiger partial charge in [-0.3, -0.25) is 14.5 Å². The highest BCUT2D eigenvalue weighted by Gasteiger charge is 2.34.